The molecule has 164 valence electrons. The Labute approximate surface area is 192 Å². The number of carbonyl (C=O) groups excluding carboxylic acids is 1. The van der Waals surface area contributed by atoms with Crippen molar-refractivity contribution in [3.05, 3.63) is 82.1 Å². The zero-order chi connectivity index (χ0) is 22.5. The minimum Gasteiger partial charge on any atom is -0.493 e. The largest absolute Gasteiger partial charge is 0.493 e. The van der Waals surface area contributed by atoms with E-state index in [0.717, 1.165) is 0 Å². The normalized spacial score (nSPS) is 12.1. The fourth-order valence-corrected chi connectivity index (χ4v) is 3.65. The molecular weight excluding hydrogens is 481 g/mol. The topological polar surface area (TPSA) is 66.0 Å². The Morgan fingerprint density at radius 2 is 1.97 bits per heavy atom. The highest BCUT2D eigenvalue weighted by Gasteiger charge is 2.14. The average Bonchev–Trinajstić information content (AvgIpc) is 3.25. The van der Waals surface area contributed by atoms with Crippen LogP contribution in [-0.4, -0.2) is 19.8 Å². The van der Waals surface area contributed by atoms with Crippen molar-refractivity contribution in [2.75, 3.05) is 19.2 Å². The van der Waals surface area contributed by atoms with Crippen molar-refractivity contribution in [2.24, 2.45) is 0 Å². The Morgan fingerprint density at radius 3 is 2.78 bits per heavy atom. The van der Waals surface area contributed by atoms with Crippen LogP contribution < -0.4 is 24.3 Å². The fourth-order valence-electron chi connectivity index (χ4n) is 3.07. The maximum atomic E-state index is 13.9. The summed E-state index contributed by atoms with van der Waals surface area (Å²) in [6, 6.07) is 15.1. The molecule has 1 N–H and O–H groups in total. The van der Waals surface area contributed by atoms with Crippen molar-refractivity contribution in [3.63, 3.8) is 0 Å². The SMILES string of the molecule is COc1cc(/C=C/C(=O)Nc2ccc3c(c2)OCO3)cc(Br)c1OCc1ccccc1F. The number of rotatable bonds is 7. The van der Waals surface area contributed by atoms with E-state index in [9.17, 15) is 9.18 Å². The maximum absolute atomic E-state index is 13.9. The first-order valence-corrected chi connectivity index (χ1v) is 10.5. The molecule has 0 saturated heterocycles. The Morgan fingerprint density at radius 1 is 1.16 bits per heavy atom. The lowest BCUT2D eigenvalue weighted by Gasteiger charge is -2.14. The quantitative estimate of drug-likeness (QED) is 0.431. The van der Waals surface area contributed by atoms with E-state index in [1.165, 1.54) is 19.3 Å². The van der Waals surface area contributed by atoms with Gasteiger partial charge < -0.3 is 24.3 Å². The van der Waals surface area contributed by atoms with Crippen molar-refractivity contribution >= 4 is 33.6 Å². The molecule has 4 rings (SSSR count). The zero-order valence-electron chi connectivity index (χ0n) is 17.1. The number of halogens is 2. The van der Waals surface area contributed by atoms with Crippen LogP contribution in [0.2, 0.25) is 0 Å². The second-order valence-corrected chi connectivity index (χ2v) is 7.66. The number of anilines is 1. The number of carbonyl (C=O) groups is 1. The standard InChI is InChI=1S/C24H19BrFNO5/c1-29-22-11-15(10-18(25)24(22)30-13-16-4-2-3-5-19(16)26)6-9-23(28)27-17-7-8-20-21(12-17)32-14-31-20/h2-12H,13-14H2,1H3,(H,27,28)/b9-6+. The Hall–Kier alpha value is -3.52. The molecule has 3 aromatic carbocycles. The molecule has 0 aliphatic carbocycles. The van der Waals surface area contributed by atoms with E-state index in [1.807, 2.05) is 0 Å². The third kappa shape index (κ3) is 5.03. The third-order valence-electron chi connectivity index (χ3n) is 4.65. The predicted octanol–water partition coefficient (Wildman–Crippen LogP) is 5.56. The van der Waals surface area contributed by atoms with Gasteiger partial charge in [-0.2, -0.15) is 0 Å². The number of hydrogen-bond acceptors (Lipinski definition) is 5. The van der Waals surface area contributed by atoms with E-state index >= 15 is 0 Å². The van der Waals surface area contributed by atoms with Crippen LogP contribution in [0, 0.1) is 5.82 Å². The molecule has 6 nitrogen and oxygen atoms in total. The van der Waals surface area contributed by atoms with E-state index in [0.29, 0.717) is 44.3 Å². The highest BCUT2D eigenvalue weighted by molar-refractivity contribution is 9.10. The molecule has 1 heterocycles. The molecule has 0 fully saturated rings. The molecule has 8 heteroatoms. The lowest BCUT2D eigenvalue weighted by atomic mass is 10.1. The van der Waals surface area contributed by atoms with Crippen LogP contribution in [0.1, 0.15) is 11.1 Å². The molecule has 1 aliphatic heterocycles. The number of methoxy groups -OCH3 is 1. The molecule has 0 radical (unpaired) electrons. The van der Waals surface area contributed by atoms with Gasteiger partial charge >= 0.3 is 0 Å². The molecule has 0 aromatic heterocycles. The predicted molar refractivity (Wildman–Crippen MR) is 122 cm³/mol. The minimum atomic E-state index is -0.337. The van der Waals surface area contributed by atoms with Gasteiger partial charge in [0.05, 0.1) is 11.6 Å². The molecule has 0 atom stereocenters. The lowest BCUT2D eigenvalue weighted by molar-refractivity contribution is -0.111. The third-order valence-corrected chi connectivity index (χ3v) is 5.24. The average molecular weight is 500 g/mol. The van der Waals surface area contributed by atoms with E-state index in [-0.39, 0.29) is 25.1 Å². The van der Waals surface area contributed by atoms with Gasteiger partial charge in [-0.05, 0) is 57.9 Å². The summed E-state index contributed by atoms with van der Waals surface area (Å²) in [6.07, 6.45) is 3.06. The summed E-state index contributed by atoms with van der Waals surface area (Å²) < 4.78 is 36.2. The maximum Gasteiger partial charge on any atom is 0.248 e. The lowest BCUT2D eigenvalue weighted by Crippen LogP contribution is -2.07. The molecule has 3 aromatic rings. The van der Waals surface area contributed by atoms with Gasteiger partial charge in [-0.15, -0.1) is 0 Å². The molecule has 0 saturated carbocycles. The number of ether oxygens (including phenoxy) is 4. The van der Waals surface area contributed by atoms with E-state index in [1.54, 1.807) is 54.6 Å². The second-order valence-electron chi connectivity index (χ2n) is 6.80. The van der Waals surface area contributed by atoms with Crippen molar-refractivity contribution < 1.29 is 28.1 Å². The van der Waals surface area contributed by atoms with Crippen LogP contribution >= 0.6 is 15.9 Å². The van der Waals surface area contributed by atoms with Crippen LogP contribution in [0.15, 0.2) is 65.1 Å². The van der Waals surface area contributed by atoms with Crippen molar-refractivity contribution in [1.29, 1.82) is 0 Å². The minimum absolute atomic E-state index is 0.0504. The Balaban J connectivity index is 1.44. The summed E-state index contributed by atoms with van der Waals surface area (Å²) in [5, 5.41) is 2.78. The van der Waals surface area contributed by atoms with Crippen LogP contribution in [0.4, 0.5) is 10.1 Å². The number of benzene rings is 3. The van der Waals surface area contributed by atoms with Gasteiger partial charge in [0.15, 0.2) is 23.0 Å². The van der Waals surface area contributed by atoms with Gasteiger partial charge in [-0.3, -0.25) is 4.79 Å². The summed E-state index contributed by atoms with van der Waals surface area (Å²) in [5.41, 5.74) is 1.75. The summed E-state index contributed by atoms with van der Waals surface area (Å²) >= 11 is 3.46. The molecule has 1 amide bonds. The van der Waals surface area contributed by atoms with Crippen molar-refractivity contribution in [1.82, 2.24) is 0 Å². The highest BCUT2D eigenvalue weighted by atomic mass is 79.9. The van der Waals surface area contributed by atoms with Crippen LogP contribution in [0.3, 0.4) is 0 Å². The highest BCUT2D eigenvalue weighted by Crippen LogP contribution is 2.38. The van der Waals surface area contributed by atoms with Gasteiger partial charge in [0, 0.05) is 23.4 Å². The Kier molecular flexibility index (Phi) is 6.61. The second kappa shape index (κ2) is 9.74. The molecule has 32 heavy (non-hydrogen) atoms. The van der Waals surface area contributed by atoms with Crippen LogP contribution in [0.5, 0.6) is 23.0 Å². The summed E-state index contributed by atoms with van der Waals surface area (Å²) in [6.45, 7) is 0.220. The first-order valence-electron chi connectivity index (χ1n) is 9.66. The van der Waals surface area contributed by atoms with Gasteiger partial charge in [0.25, 0.3) is 0 Å². The van der Waals surface area contributed by atoms with E-state index in [4.69, 9.17) is 18.9 Å². The first kappa shape index (κ1) is 21.7. The fraction of sp³-hybridized carbons (Fsp3) is 0.125. The summed E-state index contributed by atoms with van der Waals surface area (Å²) in [5.74, 6) is 1.48. The van der Waals surface area contributed by atoms with Crippen LogP contribution in [0.25, 0.3) is 6.08 Å². The number of nitrogens with one attached hydrogen (secondary N) is 1. The van der Waals surface area contributed by atoms with Gasteiger partial charge in [-0.25, -0.2) is 4.39 Å². The number of fused-ring (bicyclic) bond motifs is 1. The van der Waals surface area contributed by atoms with Gasteiger partial charge in [0.2, 0.25) is 12.7 Å². The molecular formula is C24H19BrFNO5. The van der Waals surface area contributed by atoms with Crippen molar-refractivity contribution in [3.8, 4) is 23.0 Å². The smallest absolute Gasteiger partial charge is 0.248 e. The molecule has 1 aliphatic rings. The van der Waals surface area contributed by atoms with Gasteiger partial charge in [-0.1, -0.05) is 18.2 Å². The zero-order valence-corrected chi connectivity index (χ0v) is 18.6. The summed E-state index contributed by atoms with van der Waals surface area (Å²) in [4.78, 5) is 12.3. The van der Waals surface area contributed by atoms with Crippen molar-refractivity contribution in [2.45, 2.75) is 6.61 Å². The van der Waals surface area contributed by atoms with Gasteiger partial charge in [0.1, 0.15) is 12.4 Å². The molecule has 0 bridgehead atoms. The number of amides is 1. The first-order chi connectivity index (χ1) is 15.5. The molecule has 0 unspecified atom stereocenters. The summed E-state index contributed by atoms with van der Waals surface area (Å²) in [7, 11) is 1.51. The number of hydrogen-bond donors (Lipinski definition) is 1. The van der Waals surface area contributed by atoms with E-state index in [2.05, 4.69) is 21.2 Å². The van der Waals surface area contributed by atoms with E-state index < -0.39 is 0 Å². The van der Waals surface area contributed by atoms with Crippen LogP contribution in [-0.2, 0) is 11.4 Å². The molecule has 0 spiro atoms. The Bertz CT molecular complexity index is 1180. The monoisotopic (exact) mass is 499 g/mol.